The molecule has 4 aromatic rings. The summed E-state index contributed by atoms with van der Waals surface area (Å²) in [5.41, 5.74) is 6.01. The second kappa shape index (κ2) is 8.11. The number of rotatable bonds is 8. The summed E-state index contributed by atoms with van der Waals surface area (Å²) >= 11 is 0. The van der Waals surface area contributed by atoms with Gasteiger partial charge in [-0.2, -0.15) is 0 Å². The predicted molar refractivity (Wildman–Crippen MR) is 116 cm³/mol. The molecule has 4 rings (SSSR count). The van der Waals surface area contributed by atoms with Gasteiger partial charge < -0.3 is 14.2 Å². The molecule has 0 aliphatic heterocycles. The molecule has 2 aromatic carbocycles. The number of fused-ring (bicyclic) bond motifs is 2. The minimum Gasteiger partial charge on any atom is -0.481 e. The van der Waals surface area contributed by atoms with E-state index in [4.69, 9.17) is 10.1 Å². The molecule has 29 heavy (non-hydrogen) atoms. The Morgan fingerprint density at radius 3 is 2.66 bits per heavy atom. The van der Waals surface area contributed by atoms with E-state index in [1.54, 1.807) is 0 Å². The number of aryl methyl sites for hydroxylation is 3. The second-order valence-electron chi connectivity index (χ2n) is 7.79. The first-order chi connectivity index (χ1) is 14.0. The Morgan fingerprint density at radius 1 is 1.03 bits per heavy atom. The molecular formula is C24H27N3O2. The maximum absolute atomic E-state index is 10.7. The van der Waals surface area contributed by atoms with Crippen LogP contribution in [0, 0.1) is 6.92 Å². The summed E-state index contributed by atoms with van der Waals surface area (Å²) in [6.07, 6.45) is 5.90. The number of hydrogen-bond acceptors (Lipinski definition) is 2. The van der Waals surface area contributed by atoms with Crippen molar-refractivity contribution in [3.05, 3.63) is 65.6 Å². The summed E-state index contributed by atoms with van der Waals surface area (Å²) in [7, 11) is 2.10. The van der Waals surface area contributed by atoms with E-state index in [1.165, 1.54) is 22.0 Å². The third kappa shape index (κ3) is 3.90. The molecule has 0 atom stereocenters. The van der Waals surface area contributed by atoms with Crippen LogP contribution in [0.4, 0.5) is 0 Å². The highest BCUT2D eigenvalue weighted by Crippen LogP contribution is 2.27. The van der Waals surface area contributed by atoms with Gasteiger partial charge in [-0.05, 0) is 49.1 Å². The number of unbranched alkanes of at least 4 members (excludes halogenated alkanes) is 2. The van der Waals surface area contributed by atoms with Crippen molar-refractivity contribution in [1.29, 1.82) is 0 Å². The lowest BCUT2D eigenvalue weighted by atomic mass is 10.1. The van der Waals surface area contributed by atoms with Gasteiger partial charge >= 0.3 is 5.97 Å². The Labute approximate surface area is 170 Å². The zero-order chi connectivity index (χ0) is 20.4. The number of carboxylic acids is 1. The van der Waals surface area contributed by atoms with Gasteiger partial charge in [-0.1, -0.05) is 30.7 Å². The first-order valence-corrected chi connectivity index (χ1v) is 10.2. The summed E-state index contributed by atoms with van der Waals surface area (Å²) in [5.74, 6) is 0.357. The molecule has 0 aliphatic carbocycles. The molecule has 0 saturated carbocycles. The number of nitrogens with zero attached hydrogens (tertiary/aromatic N) is 3. The standard InChI is InChI=1S/C24H27N3O2/c1-17-9-8-12-21-24(17)18(15-26(21)2)16-27-20-11-7-6-10-19(20)25-22(27)13-4-3-5-14-23(28)29/h6-12,15H,3-5,13-14,16H2,1-2H3,(H,28,29). The molecule has 0 aliphatic rings. The lowest BCUT2D eigenvalue weighted by molar-refractivity contribution is -0.137. The van der Waals surface area contributed by atoms with Gasteiger partial charge in [0.2, 0.25) is 0 Å². The van der Waals surface area contributed by atoms with Crippen LogP contribution in [-0.2, 0) is 24.8 Å². The molecule has 0 saturated heterocycles. The summed E-state index contributed by atoms with van der Waals surface area (Å²) in [6.45, 7) is 2.95. The summed E-state index contributed by atoms with van der Waals surface area (Å²) in [6, 6.07) is 14.7. The maximum Gasteiger partial charge on any atom is 0.303 e. The molecule has 5 nitrogen and oxygen atoms in total. The van der Waals surface area contributed by atoms with E-state index in [1.807, 2.05) is 6.07 Å². The molecule has 0 unspecified atom stereocenters. The van der Waals surface area contributed by atoms with E-state index in [0.717, 1.165) is 49.1 Å². The van der Waals surface area contributed by atoms with Crippen LogP contribution in [-0.4, -0.2) is 25.2 Å². The summed E-state index contributed by atoms with van der Waals surface area (Å²) < 4.78 is 4.52. The van der Waals surface area contributed by atoms with Crippen LogP contribution in [0.1, 0.15) is 42.6 Å². The van der Waals surface area contributed by atoms with E-state index in [9.17, 15) is 4.79 Å². The third-order valence-electron chi connectivity index (χ3n) is 5.65. The van der Waals surface area contributed by atoms with E-state index >= 15 is 0 Å². The van der Waals surface area contributed by atoms with Gasteiger partial charge in [-0.25, -0.2) is 4.98 Å². The Hall–Kier alpha value is -3.08. The first-order valence-electron chi connectivity index (χ1n) is 10.2. The Morgan fingerprint density at radius 2 is 1.83 bits per heavy atom. The predicted octanol–water partition coefficient (Wildman–Crippen LogP) is 5.07. The monoisotopic (exact) mass is 389 g/mol. The largest absolute Gasteiger partial charge is 0.481 e. The normalized spacial score (nSPS) is 11.5. The second-order valence-corrected chi connectivity index (χ2v) is 7.79. The third-order valence-corrected chi connectivity index (χ3v) is 5.65. The number of benzene rings is 2. The van der Waals surface area contributed by atoms with Crippen molar-refractivity contribution in [2.75, 3.05) is 0 Å². The molecule has 0 amide bonds. The number of carboxylic acid groups (broad SMARTS) is 1. The van der Waals surface area contributed by atoms with Crippen LogP contribution in [0.5, 0.6) is 0 Å². The number of imidazole rings is 1. The number of aliphatic carboxylic acids is 1. The van der Waals surface area contributed by atoms with E-state index in [2.05, 4.69) is 65.7 Å². The number of hydrogen-bond donors (Lipinski definition) is 1. The summed E-state index contributed by atoms with van der Waals surface area (Å²) in [5, 5.41) is 10.1. The molecule has 5 heteroatoms. The van der Waals surface area contributed by atoms with Gasteiger partial charge in [0.1, 0.15) is 5.82 Å². The van der Waals surface area contributed by atoms with Crippen LogP contribution < -0.4 is 0 Å². The fraction of sp³-hybridized carbons (Fsp3) is 0.333. The molecule has 2 heterocycles. The Kier molecular flexibility index (Phi) is 5.38. The molecule has 0 spiro atoms. The van der Waals surface area contributed by atoms with Gasteiger partial charge in [0.15, 0.2) is 0 Å². The average Bonchev–Trinajstić information content (AvgIpc) is 3.20. The molecule has 0 bridgehead atoms. The van der Waals surface area contributed by atoms with Crippen molar-refractivity contribution in [2.45, 2.75) is 45.6 Å². The van der Waals surface area contributed by atoms with Gasteiger partial charge in [-0.15, -0.1) is 0 Å². The molecule has 1 N–H and O–H groups in total. The van der Waals surface area contributed by atoms with E-state index < -0.39 is 5.97 Å². The van der Waals surface area contributed by atoms with Gasteiger partial charge in [0.25, 0.3) is 0 Å². The van der Waals surface area contributed by atoms with Gasteiger partial charge in [-0.3, -0.25) is 4.79 Å². The highest BCUT2D eigenvalue weighted by molar-refractivity contribution is 5.87. The van der Waals surface area contributed by atoms with Crippen molar-refractivity contribution in [3.8, 4) is 0 Å². The minimum absolute atomic E-state index is 0.242. The van der Waals surface area contributed by atoms with Gasteiger partial charge in [0, 0.05) is 37.0 Å². The van der Waals surface area contributed by atoms with Crippen molar-refractivity contribution >= 4 is 27.9 Å². The fourth-order valence-electron chi connectivity index (χ4n) is 4.25. The van der Waals surface area contributed by atoms with Crippen LogP contribution in [0.3, 0.4) is 0 Å². The minimum atomic E-state index is -0.719. The van der Waals surface area contributed by atoms with Crippen LogP contribution in [0.25, 0.3) is 21.9 Å². The quantitative estimate of drug-likeness (QED) is 0.428. The van der Waals surface area contributed by atoms with Gasteiger partial charge in [0.05, 0.1) is 17.6 Å². The van der Waals surface area contributed by atoms with Crippen LogP contribution in [0.2, 0.25) is 0 Å². The van der Waals surface area contributed by atoms with Crippen molar-refractivity contribution < 1.29 is 9.90 Å². The summed E-state index contributed by atoms with van der Waals surface area (Å²) in [4.78, 5) is 15.6. The molecule has 0 radical (unpaired) electrons. The number of aromatic nitrogens is 3. The van der Waals surface area contributed by atoms with Crippen molar-refractivity contribution in [2.24, 2.45) is 7.05 Å². The topological polar surface area (TPSA) is 60.1 Å². The lowest BCUT2D eigenvalue weighted by Gasteiger charge is -2.10. The lowest BCUT2D eigenvalue weighted by Crippen LogP contribution is -2.06. The smallest absolute Gasteiger partial charge is 0.303 e. The highest BCUT2D eigenvalue weighted by atomic mass is 16.4. The first kappa shape index (κ1) is 19.2. The van der Waals surface area contributed by atoms with Crippen LogP contribution >= 0.6 is 0 Å². The maximum atomic E-state index is 10.7. The fourth-order valence-corrected chi connectivity index (χ4v) is 4.25. The number of para-hydroxylation sites is 2. The molecule has 0 fully saturated rings. The SMILES string of the molecule is Cc1cccc2c1c(Cn1c(CCCCCC(=O)O)nc3ccccc31)cn2C. The van der Waals surface area contributed by atoms with E-state index in [-0.39, 0.29) is 6.42 Å². The van der Waals surface area contributed by atoms with Crippen molar-refractivity contribution in [1.82, 2.24) is 14.1 Å². The number of carbonyl (C=O) groups is 1. The average molecular weight is 389 g/mol. The molecule has 2 aromatic heterocycles. The zero-order valence-corrected chi connectivity index (χ0v) is 17.1. The van der Waals surface area contributed by atoms with Crippen molar-refractivity contribution in [3.63, 3.8) is 0 Å². The highest BCUT2D eigenvalue weighted by Gasteiger charge is 2.15. The Balaban J connectivity index is 1.65. The Bertz CT molecular complexity index is 1170. The molecular weight excluding hydrogens is 362 g/mol. The zero-order valence-electron chi connectivity index (χ0n) is 17.1. The van der Waals surface area contributed by atoms with E-state index in [0.29, 0.717) is 0 Å². The van der Waals surface area contributed by atoms with Crippen LogP contribution in [0.15, 0.2) is 48.7 Å². The molecule has 150 valence electrons.